The Morgan fingerprint density at radius 2 is 1.81 bits per heavy atom. The lowest BCUT2D eigenvalue weighted by Crippen LogP contribution is -2.13. The van der Waals surface area contributed by atoms with Crippen molar-refractivity contribution in [3.8, 4) is 17.5 Å². The van der Waals surface area contributed by atoms with Gasteiger partial charge in [-0.25, -0.2) is 0 Å². The Kier molecular flexibility index (Phi) is 4.07. The summed E-state index contributed by atoms with van der Waals surface area (Å²) < 4.78 is 11.1. The van der Waals surface area contributed by atoms with E-state index >= 15 is 0 Å². The zero-order valence-corrected chi connectivity index (χ0v) is 13.2. The van der Waals surface area contributed by atoms with Gasteiger partial charge in [0.15, 0.2) is 0 Å². The molecule has 0 aliphatic heterocycles. The third-order valence-corrected chi connectivity index (χ3v) is 3.22. The van der Waals surface area contributed by atoms with Gasteiger partial charge >= 0.3 is 0 Å². The van der Waals surface area contributed by atoms with Crippen LogP contribution in [0.3, 0.4) is 0 Å². The fourth-order valence-corrected chi connectivity index (χ4v) is 2.05. The van der Waals surface area contributed by atoms with E-state index < -0.39 is 0 Å². The predicted octanol–water partition coefficient (Wildman–Crippen LogP) is 4.07. The van der Waals surface area contributed by atoms with Crippen molar-refractivity contribution in [3.05, 3.63) is 41.5 Å². The molecular formula is C17H22N2O2. The van der Waals surface area contributed by atoms with E-state index in [1.54, 1.807) is 19.2 Å². The number of nitrogen functional groups attached to an aromatic ring is 1. The van der Waals surface area contributed by atoms with E-state index in [1.165, 1.54) is 5.56 Å². The normalized spacial score (nSPS) is 11.3. The van der Waals surface area contributed by atoms with Crippen LogP contribution in [-0.4, -0.2) is 12.1 Å². The Bertz CT molecular complexity index is 646. The Morgan fingerprint density at radius 3 is 2.43 bits per heavy atom. The molecule has 2 aromatic rings. The van der Waals surface area contributed by atoms with E-state index in [1.807, 2.05) is 12.1 Å². The Hall–Kier alpha value is -2.23. The molecule has 0 bridgehead atoms. The molecular weight excluding hydrogens is 264 g/mol. The number of nitrogens with zero attached hydrogens (tertiary/aromatic N) is 1. The van der Waals surface area contributed by atoms with Crippen LogP contribution in [0.5, 0.6) is 17.5 Å². The number of benzene rings is 1. The number of aryl methyl sites for hydroxylation is 1. The fraction of sp³-hybridized carbons (Fsp3) is 0.353. The largest absolute Gasteiger partial charge is 0.481 e. The predicted molar refractivity (Wildman–Crippen MR) is 85.2 cm³/mol. The third kappa shape index (κ3) is 3.45. The van der Waals surface area contributed by atoms with Crippen molar-refractivity contribution in [2.45, 2.75) is 33.1 Å². The van der Waals surface area contributed by atoms with Crippen LogP contribution >= 0.6 is 0 Å². The zero-order chi connectivity index (χ0) is 15.6. The molecule has 1 aromatic heterocycles. The van der Waals surface area contributed by atoms with Crippen molar-refractivity contribution in [1.82, 2.24) is 4.98 Å². The van der Waals surface area contributed by atoms with E-state index in [0.29, 0.717) is 17.4 Å². The van der Waals surface area contributed by atoms with Crippen molar-refractivity contribution in [2.75, 3.05) is 12.8 Å². The monoisotopic (exact) mass is 286 g/mol. The molecule has 0 atom stereocenters. The molecule has 4 heteroatoms. The van der Waals surface area contributed by atoms with E-state index in [9.17, 15) is 0 Å². The van der Waals surface area contributed by atoms with Crippen LogP contribution in [0.2, 0.25) is 0 Å². The number of rotatable bonds is 3. The minimum absolute atomic E-state index is 0.0328. The SMILES string of the molecule is COc1ccc(N)c(Oc2ccc(C)cc2C(C)(C)C)n1. The summed E-state index contributed by atoms with van der Waals surface area (Å²) in [6.07, 6.45) is 0. The molecule has 0 unspecified atom stereocenters. The van der Waals surface area contributed by atoms with Gasteiger partial charge in [-0.05, 0) is 24.5 Å². The number of methoxy groups -OCH3 is 1. The van der Waals surface area contributed by atoms with Gasteiger partial charge in [0.2, 0.25) is 11.8 Å². The molecule has 2 N–H and O–H groups in total. The first-order valence-electron chi connectivity index (χ1n) is 6.91. The highest BCUT2D eigenvalue weighted by atomic mass is 16.5. The molecule has 2 rings (SSSR count). The van der Waals surface area contributed by atoms with Gasteiger partial charge in [0.1, 0.15) is 5.75 Å². The second-order valence-electron chi connectivity index (χ2n) is 6.10. The minimum Gasteiger partial charge on any atom is -0.481 e. The third-order valence-electron chi connectivity index (χ3n) is 3.22. The summed E-state index contributed by atoms with van der Waals surface area (Å²) in [4.78, 5) is 4.26. The summed E-state index contributed by atoms with van der Waals surface area (Å²) in [5.41, 5.74) is 8.70. The molecule has 0 aliphatic carbocycles. The van der Waals surface area contributed by atoms with Crippen LogP contribution in [-0.2, 0) is 5.41 Å². The molecule has 0 radical (unpaired) electrons. The second kappa shape index (κ2) is 5.64. The Balaban J connectivity index is 2.45. The summed E-state index contributed by atoms with van der Waals surface area (Å²) >= 11 is 0. The van der Waals surface area contributed by atoms with Crippen molar-refractivity contribution in [3.63, 3.8) is 0 Å². The summed E-state index contributed by atoms with van der Waals surface area (Å²) in [6.45, 7) is 8.52. The molecule has 112 valence electrons. The zero-order valence-electron chi connectivity index (χ0n) is 13.2. The van der Waals surface area contributed by atoms with Crippen LogP contribution in [0.25, 0.3) is 0 Å². The maximum Gasteiger partial charge on any atom is 0.246 e. The number of ether oxygens (including phenoxy) is 2. The summed E-state index contributed by atoms with van der Waals surface area (Å²) in [7, 11) is 1.56. The van der Waals surface area contributed by atoms with Gasteiger partial charge < -0.3 is 15.2 Å². The van der Waals surface area contributed by atoms with Crippen LogP contribution in [0, 0.1) is 6.92 Å². The molecule has 0 fully saturated rings. The van der Waals surface area contributed by atoms with E-state index in [-0.39, 0.29) is 5.41 Å². The molecule has 0 aliphatic rings. The fourth-order valence-electron chi connectivity index (χ4n) is 2.05. The molecule has 21 heavy (non-hydrogen) atoms. The number of pyridine rings is 1. The maximum absolute atomic E-state index is 5.95. The number of nitrogens with two attached hydrogens (primary N) is 1. The van der Waals surface area contributed by atoms with Crippen molar-refractivity contribution in [2.24, 2.45) is 0 Å². The van der Waals surface area contributed by atoms with Gasteiger partial charge in [-0.3, -0.25) is 0 Å². The first kappa shape index (κ1) is 15.2. The first-order valence-corrected chi connectivity index (χ1v) is 6.91. The summed E-state index contributed by atoms with van der Waals surface area (Å²) in [5.74, 6) is 1.60. The number of anilines is 1. The molecule has 1 aromatic carbocycles. The number of hydrogen-bond acceptors (Lipinski definition) is 4. The van der Waals surface area contributed by atoms with Crippen molar-refractivity contribution in [1.29, 1.82) is 0 Å². The number of hydrogen-bond donors (Lipinski definition) is 1. The topological polar surface area (TPSA) is 57.4 Å². The van der Waals surface area contributed by atoms with E-state index in [0.717, 1.165) is 11.3 Å². The van der Waals surface area contributed by atoms with Crippen molar-refractivity contribution < 1.29 is 9.47 Å². The average molecular weight is 286 g/mol. The van der Waals surface area contributed by atoms with Gasteiger partial charge in [0.05, 0.1) is 12.8 Å². The summed E-state index contributed by atoms with van der Waals surface area (Å²) in [5, 5.41) is 0. The quantitative estimate of drug-likeness (QED) is 0.924. The number of aromatic nitrogens is 1. The maximum atomic E-state index is 5.95. The van der Waals surface area contributed by atoms with Gasteiger partial charge in [0, 0.05) is 11.6 Å². The average Bonchev–Trinajstić information content (AvgIpc) is 2.42. The highest BCUT2D eigenvalue weighted by Crippen LogP contribution is 2.36. The lowest BCUT2D eigenvalue weighted by molar-refractivity contribution is 0.381. The van der Waals surface area contributed by atoms with Crippen LogP contribution in [0.15, 0.2) is 30.3 Å². The van der Waals surface area contributed by atoms with Crippen LogP contribution < -0.4 is 15.2 Å². The lowest BCUT2D eigenvalue weighted by atomic mass is 9.85. The van der Waals surface area contributed by atoms with Gasteiger partial charge in [-0.2, -0.15) is 4.98 Å². The standard InChI is InChI=1S/C17H22N2O2/c1-11-6-8-14(12(10-11)17(2,3)4)21-16-13(18)7-9-15(19-16)20-5/h6-10H,18H2,1-5H3. The Morgan fingerprint density at radius 1 is 1.10 bits per heavy atom. The van der Waals surface area contributed by atoms with E-state index in [4.69, 9.17) is 15.2 Å². The van der Waals surface area contributed by atoms with Gasteiger partial charge in [-0.15, -0.1) is 0 Å². The van der Waals surface area contributed by atoms with E-state index in [2.05, 4.69) is 38.7 Å². The second-order valence-corrected chi connectivity index (χ2v) is 6.10. The molecule has 0 saturated heterocycles. The molecule has 4 nitrogen and oxygen atoms in total. The molecule has 0 amide bonds. The summed E-state index contributed by atoms with van der Waals surface area (Å²) in [6, 6.07) is 9.54. The van der Waals surface area contributed by atoms with Crippen LogP contribution in [0.4, 0.5) is 5.69 Å². The van der Waals surface area contributed by atoms with Gasteiger partial charge in [0.25, 0.3) is 0 Å². The smallest absolute Gasteiger partial charge is 0.246 e. The molecule has 0 spiro atoms. The molecule has 0 saturated carbocycles. The lowest BCUT2D eigenvalue weighted by Gasteiger charge is -2.23. The first-order chi connectivity index (χ1) is 9.81. The van der Waals surface area contributed by atoms with Crippen LogP contribution in [0.1, 0.15) is 31.9 Å². The van der Waals surface area contributed by atoms with Gasteiger partial charge in [-0.1, -0.05) is 38.5 Å². The highest BCUT2D eigenvalue weighted by Gasteiger charge is 2.20. The minimum atomic E-state index is -0.0328. The Labute approximate surface area is 125 Å². The molecule has 1 heterocycles. The highest BCUT2D eigenvalue weighted by molar-refractivity contribution is 5.52. The van der Waals surface area contributed by atoms with Crippen molar-refractivity contribution >= 4 is 5.69 Å².